The molecule has 1 heterocycles. The number of methoxy groups -OCH3 is 1. The second kappa shape index (κ2) is 7.49. The van der Waals surface area contributed by atoms with Gasteiger partial charge in [-0.1, -0.05) is 12.1 Å². The molecule has 1 saturated heterocycles. The number of ether oxygens (including phenoxy) is 1. The van der Waals surface area contributed by atoms with Crippen molar-refractivity contribution in [3.8, 4) is 5.75 Å². The van der Waals surface area contributed by atoms with E-state index in [1.165, 1.54) is 11.3 Å². The highest BCUT2D eigenvalue weighted by molar-refractivity contribution is 5.75. The Kier molecular flexibility index (Phi) is 5.16. The quantitative estimate of drug-likeness (QED) is 0.789. The molecule has 24 heavy (non-hydrogen) atoms. The molecule has 0 saturated carbocycles. The lowest BCUT2D eigenvalue weighted by Gasteiger charge is -2.39. The fourth-order valence-corrected chi connectivity index (χ4v) is 3.22. The molecule has 4 heteroatoms. The molecule has 1 fully saturated rings. The molecule has 4 nitrogen and oxygen atoms in total. The molecule has 126 valence electrons. The van der Waals surface area contributed by atoms with Gasteiger partial charge in [0, 0.05) is 43.5 Å². The first-order valence-corrected chi connectivity index (χ1v) is 8.39. The van der Waals surface area contributed by atoms with Crippen LogP contribution in [0.5, 0.6) is 5.75 Å². The van der Waals surface area contributed by atoms with Gasteiger partial charge in [-0.2, -0.15) is 0 Å². The van der Waals surface area contributed by atoms with E-state index in [1.807, 2.05) is 36.4 Å². The van der Waals surface area contributed by atoms with Crippen molar-refractivity contribution >= 4 is 12.0 Å². The zero-order valence-corrected chi connectivity index (χ0v) is 14.3. The molecule has 2 aromatic rings. The average molecular weight is 324 g/mol. The lowest BCUT2D eigenvalue weighted by atomic mass is 10.1. The molecule has 0 unspecified atom stereocenters. The third-order valence-corrected chi connectivity index (χ3v) is 4.85. The Morgan fingerprint density at radius 2 is 1.58 bits per heavy atom. The van der Waals surface area contributed by atoms with Gasteiger partial charge in [0.2, 0.25) is 0 Å². The Morgan fingerprint density at radius 1 is 0.958 bits per heavy atom. The Bertz CT molecular complexity index is 659. The smallest absolute Gasteiger partial charge is 0.150 e. The summed E-state index contributed by atoms with van der Waals surface area (Å²) < 4.78 is 5.23. The molecule has 0 radical (unpaired) electrons. The Morgan fingerprint density at radius 3 is 2.12 bits per heavy atom. The number of aldehydes is 1. The summed E-state index contributed by atoms with van der Waals surface area (Å²) in [5, 5.41) is 0. The van der Waals surface area contributed by atoms with Crippen LogP contribution in [0.1, 0.15) is 28.9 Å². The summed E-state index contributed by atoms with van der Waals surface area (Å²) in [5.41, 5.74) is 3.24. The van der Waals surface area contributed by atoms with Crippen LogP contribution in [0.15, 0.2) is 48.5 Å². The van der Waals surface area contributed by atoms with Gasteiger partial charge in [0.1, 0.15) is 12.0 Å². The van der Waals surface area contributed by atoms with Gasteiger partial charge in [-0.05, 0) is 48.9 Å². The Labute approximate surface area is 143 Å². The third-order valence-electron chi connectivity index (χ3n) is 4.85. The molecule has 0 amide bonds. The van der Waals surface area contributed by atoms with Crippen LogP contribution in [0, 0.1) is 0 Å². The first-order valence-electron chi connectivity index (χ1n) is 8.39. The summed E-state index contributed by atoms with van der Waals surface area (Å²) >= 11 is 0. The number of carbonyl (C=O) groups excluding carboxylic acids is 1. The van der Waals surface area contributed by atoms with Crippen LogP contribution in [0.4, 0.5) is 5.69 Å². The highest BCUT2D eigenvalue weighted by atomic mass is 16.5. The minimum atomic E-state index is 0.399. The van der Waals surface area contributed by atoms with Crippen molar-refractivity contribution in [3.63, 3.8) is 0 Å². The maximum Gasteiger partial charge on any atom is 0.150 e. The van der Waals surface area contributed by atoms with Crippen LogP contribution in [0.2, 0.25) is 0 Å². The van der Waals surface area contributed by atoms with Crippen LogP contribution < -0.4 is 9.64 Å². The fourth-order valence-electron chi connectivity index (χ4n) is 3.22. The van der Waals surface area contributed by atoms with E-state index in [1.54, 1.807) is 7.11 Å². The maximum absolute atomic E-state index is 10.8. The number of hydrogen-bond donors (Lipinski definition) is 0. The molecule has 2 aromatic carbocycles. The molecule has 1 aliphatic heterocycles. The topological polar surface area (TPSA) is 32.8 Å². The molecule has 3 rings (SSSR count). The first kappa shape index (κ1) is 16.5. The monoisotopic (exact) mass is 324 g/mol. The molecule has 0 aliphatic carbocycles. The van der Waals surface area contributed by atoms with Gasteiger partial charge in [0.25, 0.3) is 0 Å². The molecule has 0 bridgehead atoms. The summed E-state index contributed by atoms with van der Waals surface area (Å²) in [5.74, 6) is 0.898. The standard InChI is InChI=1S/C20H24N2O2/c1-16(18-5-9-20(24-2)10-6-18)21-11-13-22(14-12-21)19-7-3-17(15-23)4-8-19/h3-10,15-16H,11-14H2,1-2H3/t16-/m0/s1. The summed E-state index contributed by atoms with van der Waals surface area (Å²) in [6, 6.07) is 16.6. The van der Waals surface area contributed by atoms with Gasteiger partial charge >= 0.3 is 0 Å². The van der Waals surface area contributed by atoms with E-state index in [2.05, 4.69) is 28.9 Å². The lowest BCUT2D eigenvalue weighted by molar-refractivity contribution is 0.112. The van der Waals surface area contributed by atoms with Crippen molar-refractivity contribution in [2.45, 2.75) is 13.0 Å². The second-order valence-electron chi connectivity index (χ2n) is 6.18. The number of benzene rings is 2. The molecule has 0 spiro atoms. The van der Waals surface area contributed by atoms with E-state index < -0.39 is 0 Å². The zero-order valence-electron chi connectivity index (χ0n) is 14.3. The fraction of sp³-hybridized carbons (Fsp3) is 0.350. The van der Waals surface area contributed by atoms with Gasteiger partial charge in [0.15, 0.2) is 0 Å². The van der Waals surface area contributed by atoms with E-state index >= 15 is 0 Å². The van der Waals surface area contributed by atoms with Crippen molar-refractivity contribution in [1.82, 2.24) is 4.90 Å². The summed E-state index contributed by atoms with van der Waals surface area (Å²) in [7, 11) is 1.69. The van der Waals surface area contributed by atoms with Crippen molar-refractivity contribution in [3.05, 3.63) is 59.7 Å². The molecule has 1 aliphatic rings. The summed E-state index contributed by atoms with van der Waals surface area (Å²) in [6.07, 6.45) is 0.887. The number of piperazine rings is 1. The minimum absolute atomic E-state index is 0.399. The maximum atomic E-state index is 10.8. The van der Waals surface area contributed by atoms with Gasteiger partial charge < -0.3 is 9.64 Å². The predicted molar refractivity (Wildman–Crippen MR) is 97.0 cm³/mol. The van der Waals surface area contributed by atoms with Crippen LogP contribution in [-0.4, -0.2) is 44.5 Å². The van der Waals surface area contributed by atoms with E-state index in [-0.39, 0.29) is 0 Å². The number of carbonyl (C=O) groups is 1. The molecule has 1 atom stereocenters. The average Bonchev–Trinajstić information content (AvgIpc) is 2.68. The molecule has 0 aromatic heterocycles. The summed E-state index contributed by atoms with van der Waals surface area (Å²) in [4.78, 5) is 15.7. The van der Waals surface area contributed by atoms with Crippen LogP contribution in [0.25, 0.3) is 0 Å². The van der Waals surface area contributed by atoms with Gasteiger partial charge in [-0.3, -0.25) is 9.69 Å². The molecular formula is C20H24N2O2. The van der Waals surface area contributed by atoms with Gasteiger partial charge in [0.05, 0.1) is 7.11 Å². The second-order valence-corrected chi connectivity index (χ2v) is 6.18. The molecule has 0 N–H and O–H groups in total. The Balaban J connectivity index is 1.59. The highest BCUT2D eigenvalue weighted by Gasteiger charge is 2.22. The van der Waals surface area contributed by atoms with Crippen molar-refractivity contribution < 1.29 is 9.53 Å². The van der Waals surface area contributed by atoms with Crippen molar-refractivity contribution in [1.29, 1.82) is 0 Å². The number of hydrogen-bond acceptors (Lipinski definition) is 4. The normalized spacial score (nSPS) is 16.7. The lowest BCUT2D eigenvalue weighted by Crippen LogP contribution is -2.47. The summed E-state index contributed by atoms with van der Waals surface area (Å²) in [6.45, 7) is 6.32. The predicted octanol–water partition coefficient (Wildman–Crippen LogP) is 3.39. The zero-order chi connectivity index (χ0) is 16.9. The van der Waals surface area contributed by atoms with E-state index in [4.69, 9.17) is 4.74 Å². The van der Waals surface area contributed by atoms with E-state index in [0.717, 1.165) is 43.8 Å². The van der Waals surface area contributed by atoms with Gasteiger partial charge in [-0.25, -0.2) is 0 Å². The van der Waals surface area contributed by atoms with Gasteiger partial charge in [-0.15, -0.1) is 0 Å². The third kappa shape index (κ3) is 3.60. The Hall–Kier alpha value is -2.33. The van der Waals surface area contributed by atoms with Crippen LogP contribution >= 0.6 is 0 Å². The van der Waals surface area contributed by atoms with Crippen LogP contribution in [0.3, 0.4) is 0 Å². The van der Waals surface area contributed by atoms with Crippen molar-refractivity contribution in [2.24, 2.45) is 0 Å². The number of nitrogens with zero attached hydrogens (tertiary/aromatic N) is 2. The molecular weight excluding hydrogens is 300 g/mol. The largest absolute Gasteiger partial charge is 0.497 e. The van der Waals surface area contributed by atoms with E-state index in [9.17, 15) is 4.79 Å². The SMILES string of the molecule is COc1ccc([C@H](C)N2CCN(c3ccc(C=O)cc3)CC2)cc1. The first-order chi connectivity index (χ1) is 11.7. The van der Waals surface area contributed by atoms with Crippen molar-refractivity contribution in [2.75, 3.05) is 38.2 Å². The highest BCUT2D eigenvalue weighted by Crippen LogP contribution is 2.25. The van der Waals surface area contributed by atoms with E-state index in [0.29, 0.717) is 6.04 Å². The van der Waals surface area contributed by atoms with Crippen LogP contribution in [-0.2, 0) is 0 Å². The number of anilines is 1. The minimum Gasteiger partial charge on any atom is -0.497 e. The number of rotatable bonds is 5.